The predicted octanol–water partition coefficient (Wildman–Crippen LogP) is 3.56. The third-order valence-corrected chi connectivity index (χ3v) is 3.76. The zero-order chi connectivity index (χ0) is 15.1. The van der Waals surface area contributed by atoms with Crippen molar-refractivity contribution in [2.24, 2.45) is 0 Å². The van der Waals surface area contributed by atoms with Crippen molar-refractivity contribution >= 4 is 17.7 Å². The molecule has 0 unspecified atom stereocenters. The first-order chi connectivity index (χ1) is 10.2. The molecule has 0 aliphatic carbocycles. The average Bonchev–Trinajstić information content (AvgIpc) is 2.52. The van der Waals surface area contributed by atoms with Crippen LogP contribution in [0, 0.1) is 0 Å². The van der Waals surface area contributed by atoms with E-state index >= 15 is 0 Å². The van der Waals surface area contributed by atoms with Crippen molar-refractivity contribution in [3.63, 3.8) is 0 Å². The molecule has 0 atom stereocenters. The van der Waals surface area contributed by atoms with Crippen LogP contribution in [0.1, 0.15) is 10.4 Å². The maximum atomic E-state index is 11.0. The van der Waals surface area contributed by atoms with Crippen LogP contribution in [-0.4, -0.2) is 30.5 Å². The van der Waals surface area contributed by atoms with Crippen LogP contribution in [0.15, 0.2) is 53.4 Å². The SMILES string of the molecule is COc1ccc(SCCOc2ccccc2C(=O)O)cc1. The summed E-state index contributed by atoms with van der Waals surface area (Å²) in [5, 5.41) is 9.05. The lowest BCUT2D eigenvalue weighted by Crippen LogP contribution is -2.05. The first kappa shape index (κ1) is 15.3. The lowest BCUT2D eigenvalue weighted by atomic mass is 10.2. The van der Waals surface area contributed by atoms with E-state index in [4.69, 9.17) is 14.6 Å². The van der Waals surface area contributed by atoms with Gasteiger partial charge < -0.3 is 14.6 Å². The Morgan fingerprint density at radius 2 is 1.86 bits per heavy atom. The molecular formula is C16H16O4S. The molecule has 0 bridgehead atoms. The highest BCUT2D eigenvalue weighted by atomic mass is 32.2. The molecule has 0 aliphatic rings. The predicted molar refractivity (Wildman–Crippen MR) is 82.6 cm³/mol. The number of methoxy groups -OCH3 is 1. The van der Waals surface area contributed by atoms with Gasteiger partial charge in [0.1, 0.15) is 17.1 Å². The normalized spacial score (nSPS) is 10.1. The van der Waals surface area contributed by atoms with Gasteiger partial charge in [-0.05, 0) is 36.4 Å². The van der Waals surface area contributed by atoms with Gasteiger partial charge in [0.15, 0.2) is 0 Å². The van der Waals surface area contributed by atoms with E-state index in [1.54, 1.807) is 37.1 Å². The van der Waals surface area contributed by atoms with Crippen LogP contribution in [0.4, 0.5) is 0 Å². The van der Waals surface area contributed by atoms with Gasteiger partial charge in [0.25, 0.3) is 0 Å². The third-order valence-electron chi connectivity index (χ3n) is 2.79. The molecule has 0 saturated carbocycles. The van der Waals surface area contributed by atoms with Crippen LogP contribution < -0.4 is 9.47 Å². The third kappa shape index (κ3) is 4.43. The first-order valence-electron chi connectivity index (χ1n) is 6.42. The molecule has 0 saturated heterocycles. The summed E-state index contributed by atoms with van der Waals surface area (Å²) < 4.78 is 10.6. The van der Waals surface area contributed by atoms with Crippen LogP contribution in [0.25, 0.3) is 0 Å². The number of aromatic carboxylic acids is 1. The highest BCUT2D eigenvalue weighted by Crippen LogP contribution is 2.22. The second-order valence-electron chi connectivity index (χ2n) is 4.17. The van der Waals surface area contributed by atoms with Gasteiger partial charge in [-0.15, -0.1) is 11.8 Å². The number of carboxylic acid groups (broad SMARTS) is 1. The van der Waals surface area contributed by atoms with Crippen molar-refractivity contribution in [2.45, 2.75) is 4.90 Å². The molecule has 21 heavy (non-hydrogen) atoms. The molecule has 0 fully saturated rings. The minimum Gasteiger partial charge on any atom is -0.497 e. The zero-order valence-corrected chi connectivity index (χ0v) is 12.4. The van der Waals surface area contributed by atoms with E-state index in [1.165, 1.54) is 6.07 Å². The molecule has 110 valence electrons. The Kier molecular flexibility index (Phi) is 5.51. The van der Waals surface area contributed by atoms with Crippen molar-refractivity contribution in [1.82, 2.24) is 0 Å². The van der Waals surface area contributed by atoms with Crippen LogP contribution in [0.2, 0.25) is 0 Å². The Labute approximate surface area is 127 Å². The Bertz CT molecular complexity index is 595. The molecule has 0 amide bonds. The van der Waals surface area contributed by atoms with Crippen molar-refractivity contribution in [1.29, 1.82) is 0 Å². The number of para-hydroxylation sites is 1. The summed E-state index contributed by atoms with van der Waals surface area (Å²) in [5.74, 6) is 0.986. The van der Waals surface area contributed by atoms with Gasteiger partial charge in [-0.25, -0.2) is 4.79 Å². The van der Waals surface area contributed by atoms with Gasteiger partial charge in [-0.1, -0.05) is 12.1 Å². The van der Waals surface area contributed by atoms with Gasteiger partial charge in [-0.2, -0.15) is 0 Å². The van der Waals surface area contributed by atoms with Gasteiger partial charge in [0.2, 0.25) is 0 Å². The van der Waals surface area contributed by atoms with E-state index in [0.29, 0.717) is 12.4 Å². The van der Waals surface area contributed by atoms with E-state index in [-0.39, 0.29) is 5.56 Å². The summed E-state index contributed by atoms with van der Waals surface area (Å²) in [5.41, 5.74) is 0.187. The number of carboxylic acids is 1. The van der Waals surface area contributed by atoms with E-state index in [2.05, 4.69) is 0 Å². The molecule has 1 N–H and O–H groups in total. The number of ether oxygens (including phenoxy) is 2. The minimum absolute atomic E-state index is 0.187. The highest BCUT2D eigenvalue weighted by molar-refractivity contribution is 7.99. The van der Waals surface area contributed by atoms with Gasteiger partial charge in [-0.3, -0.25) is 0 Å². The average molecular weight is 304 g/mol. The molecule has 5 heteroatoms. The Hall–Kier alpha value is -2.14. The molecule has 0 spiro atoms. The van der Waals surface area contributed by atoms with E-state index < -0.39 is 5.97 Å². The Balaban J connectivity index is 1.83. The Morgan fingerprint density at radius 1 is 1.14 bits per heavy atom. The topological polar surface area (TPSA) is 55.8 Å². The van der Waals surface area contributed by atoms with Gasteiger partial charge in [0, 0.05) is 10.6 Å². The molecule has 0 heterocycles. The summed E-state index contributed by atoms with van der Waals surface area (Å²) >= 11 is 1.65. The number of carbonyl (C=O) groups is 1. The lowest BCUT2D eigenvalue weighted by molar-refractivity contribution is 0.0692. The monoisotopic (exact) mass is 304 g/mol. The number of rotatable bonds is 7. The van der Waals surface area contributed by atoms with Crippen LogP contribution in [0.5, 0.6) is 11.5 Å². The minimum atomic E-state index is -0.978. The summed E-state index contributed by atoms with van der Waals surface area (Å²) in [6.45, 7) is 0.445. The van der Waals surface area contributed by atoms with Crippen LogP contribution in [0.3, 0.4) is 0 Å². The van der Waals surface area contributed by atoms with Crippen LogP contribution in [-0.2, 0) is 0 Å². The lowest BCUT2D eigenvalue weighted by Gasteiger charge is -2.09. The fourth-order valence-electron chi connectivity index (χ4n) is 1.75. The zero-order valence-electron chi connectivity index (χ0n) is 11.6. The van der Waals surface area contributed by atoms with E-state index in [0.717, 1.165) is 16.4 Å². The van der Waals surface area contributed by atoms with Crippen molar-refractivity contribution in [2.75, 3.05) is 19.5 Å². The summed E-state index contributed by atoms with van der Waals surface area (Å²) in [4.78, 5) is 12.2. The van der Waals surface area contributed by atoms with Crippen molar-refractivity contribution in [3.8, 4) is 11.5 Å². The van der Waals surface area contributed by atoms with E-state index in [9.17, 15) is 4.79 Å². The quantitative estimate of drug-likeness (QED) is 0.626. The molecule has 2 aromatic rings. The van der Waals surface area contributed by atoms with E-state index in [1.807, 2.05) is 24.3 Å². The van der Waals surface area contributed by atoms with Crippen molar-refractivity contribution < 1.29 is 19.4 Å². The van der Waals surface area contributed by atoms with Crippen molar-refractivity contribution in [3.05, 3.63) is 54.1 Å². The maximum absolute atomic E-state index is 11.0. The fraction of sp³-hybridized carbons (Fsp3) is 0.188. The standard InChI is InChI=1S/C16H16O4S/c1-19-12-6-8-13(9-7-12)21-11-10-20-15-5-3-2-4-14(15)16(17)18/h2-9H,10-11H2,1H3,(H,17,18). The molecular weight excluding hydrogens is 288 g/mol. The molecule has 2 aromatic carbocycles. The summed E-state index contributed by atoms with van der Waals surface area (Å²) in [7, 11) is 1.63. The second-order valence-corrected chi connectivity index (χ2v) is 5.34. The number of hydrogen-bond donors (Lipinski definition) is 1. The highest BCUT2D eigenvalue weighted by Gasteiger charge is 2.09. The maximum Gasteiger partial charge on any atom is 0.339 e. The number of thioether (sulfide) groups is 1. The molecule has 2 rings (SSSR count). The second kappa shape index (κ2) is 7.59. The summed E-state index contributed by atoms with van der Waals surface area (Å²) in [6, 6.07) is 14.4. The number of hydrogen-bond acceptors (Lipinski definition) is 4. The fourth-order valence-corrected chi connectivity index (χ4v) is 2.48. The largest absolute Gasteiger partial charge is 0.497 e. The van der Waals surface area contributed by atoms with Crippen LogP contribution >= 0.6 is 11.8 Å². The summed E-state index contributed by atoms with van der Waals surface area (Å²) in [6.07, 6.45) is 0. The molecule has 0 aromatic heterocycles. The molecule has 4 nitrogen and oxygen atoms in total. The van der Waals surface area contributed by atoms with Gasteiger partial charge in [0.05, 0.1) is 13.7 Å². The van der Waals surface area contributed by atoms with Gasteiger partial charge >= 0.3 is 5.97 Å². The molecule has 0 radical (unpaired) electrons. The number of benzene rings is 2. The Morgan fingerprint density at radius 3 is 2.52 bits per heavy atom. The first-order valence-corrected chi connectivity index (χ1v) is 7.41. The molecule has 0 aliphatic heterocycles. The smallest absolute Gasteiger partial charge is 0.339 e.